The molecule has 0 N–H and O–H groups in total. The molecule has 1 saturated heterocycles. The highest BCUT2D eigenvalue weighted by molar-refractivity contribution is 5.91. The van der Waals surface area contributed by atoms with Crippen LogP contribution in [0.3, 0.4) is 0 Å². The number of aryl methyl sites for hydroxylation is 2. The van der Waals surface area contributed by atoms with E-state index in [0.29, 0.717) is 18.2 Å². The number of amides is 1. The maximum absolute atomic E-state index is 12.4. The zero-order chi connectivity index (χ0) is 14.8. The van der Waals surface area contributed by atoms with Crippen LogP contribution in [-0.2, 0) is 6.42 Å². The first kappa shape index (κ1) is 13.9. The average molecular weight is 289 g/mol. The molecule has 3 heterocycles. The van der Waals surface area contributed by atoms with Crippen LogP contribution in [0.2, 0.25) is 0 Å². The van der Waals surface area contributed by atoms with Crippen LogP contribution in [0, 0.1) is 6.92 Å². The lowest BCUT2D eigenvalue weighted by Crippen LogP contribution is -2.39. The van der Waals surface area contributed by atoms with Gasteiger partial charge >= 0.3 is 0 Å². The van der Waals surface area contributed by atoms with Gasteiger partial charge in [0.25, 0.3) is 5.91 Å². The maximum Gasteiger partial charge on any atom is 0.289 e. The second kappa shape index (κ2) is 5.71. The molecule has 0 saturated carbocycles. The van der Waals surface area contributed by atoms with E-state index in [1.165, 1.54) is 0 Å². The highest BCUT2D eigenvalue weighted by Gasteiger charge is 2.29. The fraction of sp³-hybridized carbons (Fsp3) is 0.533. The minimum Gasteiger partial charge on any atom is -0.456 e. The number of hydrogen-bond acceptors (Lipinski definition) is 5. The molecule has 0 radical (unpaired) electrons. The van der Waals surface area contributed by atoms with Gasteiger partial charge in [-0.15, -0.1) is 0 Å². The van der Waals surface area contributed by atoms with E-state index in [-0.39, 0.29) is 11.8 Å². The van der Waals surface area contributed by atoms with E-state index < -0.39 is 0 Å². The van der Waals surface area contributed by atoms with Gasteiger partial charge < -0.3 is 13.8 Å². The summed E-state index contributed by atoms with van der Waals surface area (Å²) < 4.78 is 10.7. The number of furan rings is 1. The van der Waals surface area contributed by atoms with Gasteiger partial charge in [-0.2, -0.15) is 4.98 Å². The van der Waals surface area contributed by atoms with Crippen molar-refractivity contribution in [2.45, 2.75) is 39.0 Å². The van der Waals surface area contributed by atoms with Crippen LogP contribution in [0.25, 0.3) is 0 Å². The van der Waals surface area contributed by atoms with E-state index in [1.807, 2.05) is 18.7 Å². The van der Waals surface area contributed by atoms with Crippen molar-refractivity contribution in [3.63, 3.8) is 0 Å². The molecule has 1 aliphatic heterocycles. The molecule has 1 aliphatic rings. The molecule has 3 rings (SSSR count). The Kier molecular flexibility index (Phi) is 3.77. The van der Waals surface area contributed by atoms with E-state index in [2.05, 4.69) is 10.1 Å². The topological polar surface area (TPSA) is 72.4 Å². The third-order valence-corrected chi connectivity index (χ3v) is 3.81. The van der Waals surface area contributed by atoms with Gasteiger partial charge in [0.05, 0.1) is 5.92 Å². The number of carbonyl (C=O) groups excluding carboxylic acids is 1. The van der Waals surface area contributed by atoms with Gasteiger partial charge in [0.2, 0.25) is 5.89 Å². The minimum absolute atomic E-state index is 0.0666. The second-order valence-electron chi connectivity index (χ2n) is 5.40. The number of aromatic nitrogens is 2. The lowest BCUT2D eigenvalue weighted by Gasteiger charge is -2.30. The largest absolute Gasteiger partial charge is 0.456 e. The summed E-state index contributed by atoms with van der Waals surface area (Å²) in [6.45, 7) is 5.17. The third-order valence-electron chi connectivity index (χ3n) is 3.81. The Balaban J connectivity index is 1.72. The molecule has 0 spiro atoms. The molecule has 1 fully saturated rings. The molecule has 1 amide bonds. The minimum atomic E-state index is -0.0666. The number of rotatable bonds is 3. The van der Waals surface area contributed by atoms with Crippen LogP contribution in [0.4, 0.5) is 0 Å². The summed E-state index contributed by atoms with van der Waals surface area (Å²) in [6.07, 6.45) is 2.65. The number of piperidine rings is 1. The Morgan fingerprint density at radius 2 is 2.33 bits per heavy atom. The first-order chi connectivity index (χ1) is 10.2. The van der Waals surface area contributed by atoms with Crippen molar-refractivity contribution >= 4 is 5.91 Å². The first-order valence-corrected chi connectivity index (χ1v) is 7.35. The van der Waals surface area contributed by atoms with E-state index in [0.717, 1.165) is 37.4 Å². The monoisotopic (exact) mass is 289 g/mol. The molecule has 2 aromatic rings. The van der Waals surface area contributed by atoms with Crippen molar-refractivity contribution in [1.29, 1.82) is 0 Å². The van der Waals surface area contributed by atoms with Crippen LogP contribution >= 0.6 is 0 Å². The number of hydrogen-bond donors (Lipinski definition) is 0. The SMILES string of the molecule is CCc1noc([C@@H]2CCCN(C(=O)c3ccc(C)o3)C2)n1. The molecule has 1 atom stereocenters. The van der Waals surface area contributed by atoms with Crippen LogP contribution in [0.15, 0.2) is 21.1 Å². The van der Waals surface area contributed by atoms with Gasteiger partial charge in [-0.1, -0.05) is 12.1 Å². The zero-order valence-corrected chi connectivity index (χ0v) is 12.3. The lowest BCUT2D eigenvalue weighted by molar-refractivity contribution is 0.0662. The van der Waals surface area contributed by atoms with E-state index in [4.69, 9.17) is 8.94 Å². The molecular weight excluding hydrogens is 270 g/mol. The molecule has 0 aromatic carbocycles. The highest BCUT2D eigenvalue weighted by Crippen LogP contribution is 2.27. The Hall–Kier alpha value is -2.11. The Morgan fingerprint density at radius 1 is 1.48 bits per heavy atom. The predicted molar refractivity (Wildman–Crippen MR) is 75.0 cm³/mol. The summed E-state index contributed by atoms with van der Waals surface area (Å²) in [5.74, 6) is 2.55. The molecule has 21 heavy (non-hydrogen) atoms. The van der Waals surface area contributed by atoms with Crippen LogP contribution in [0.1, 0.15) is 53.7 Å². The lowest BCUT2D eigenvalue weighted by atomic mass is 9.98. The van der Waals surface area contributed by atoms with Gasteiger partial charge in [-0.3, -0.25) is 4.79 Å². The molecule has 112 valence electrons. The number of likely N-dealkylation sites (tertiary alicyclic amines) is 1. The van der Waals surface area contributed by atoms with Crippen molar-refractivity contribution in [2.75, 3.05) is 13.1 Å². The zero-order valence-electron chi connectivity index (χ0n) is 12.3. The summed E-state index contributed by atoms with van der Waals surface area (Å²) in [7, 11) is 0. The van der Waals surface area contributed by atoms with Crippen LogP contribution in [-0.4, -0.2) is 34.0 Å². The Labute approximate surface area is 123 Å². The molecule has 0 aliphatic carbocycles. The second-order valence-corrected chi connectivity index (χ2v) is 5.40. The standard InChI is InChI=1S/C15H19N3O3/c1-3-13-16-14(21-17-13)11-5-4-8-18(9-11)15(19)12-7-6-10(2)20-12/h6-7,11H,3-5,8-9H2,1-2H3/t11-/m1/s1. The quantitative estimate of drug-likeness (QED) is 0.868. The molecule has 6 heteroatoms. The fourth-order valence-electron chi connectivity index (χ4n) is 2.65. The van der Waals surface area contributed by atoms with Crippen molar-refractivity contribution in [2.24, 2.45) is 0 Å². The number of nitrogens with zero attached hydrogens (tertiary/aromatic N) is 3. The average Bonchev–Trinajstić information content (AvgIpc) is 3.15. The van der Waals surface area contributed by atoms with Crippen molar-refractivity contribution < 1.29 is 13.7 Å². The smallest absolute Gasteiger partial charge is 0.289 e. The van der Waals surface area contributed by atoms with E-state index in [9.17, 15) is 4.79 Å². The van der Waals surface area contributed by atoms with Gasteiger partial charge in [0, 0.05) is 19.5 Å². The summed E-state index contributed by atoms with van der Waals surface area (Å²) in [5.41, 5.74) is 0. The summed E-state index contributed by atoms with van der Waals surface area (Å²) >= 11 is 0. The van der Waals surface area contributed by atoms with Crippen molar-refractivity contribution in [3.8, 4) is 0 Å². The molecule has 6 nitrogen and oxygen atoms in total. The predicted octanol–water partition coefficient (Wildman–Crippen LogP) is 2.55. The number of carbonyl (C=O) groups is 1. The highest BCUT2D eigenvalue weighted by atomic mass is 16.5. The van der Waals surface area contributed by atoms with Crippen molar-refractivity contribution in [3.05, 3.63) is 35.4 Å². The summed E-state index contributed by atoms with van der Waals surface area (Å²) in [5, 5.41) is 3.93. The summed E-state index contributed by atoms with van der Waals surface area (Å²) in [4.78, 5) is 18.6. The van der Waals surface area contributed by atoms with Crippen LogP contribution < -0.4 is 0 Å². The fourth-order valence-corrected chi connectivity index (χ4v) is 2.65. The Morgan fingerprint density at radius 3 is 3.00 bits per heavy atom. The van der Waals surface area contributed by atoms with Gasteiger partial charge in [0.1, 0.15) is 5.76 Å². The Bertz CT molecular complexity index is 632. The van der Waals surface area contributed by atoms with Crippen molar-refractivity contribution in [1.82, 2.24) is 15.0 Å². The first-order valence-electron chi connectivity index (χ1n) is 7.35. The normalized spacial score (nSPS) is 19.0. The maximum atomic E-state index is 12.4. The van der Waals surface area contributed by atoms with Gasteiger partial charge in [-0.25, -0.2) is 0 Å². The van der Waals surface area contributed by atoms with Crippen LogP contribution in [0.5, 0.6) is 0 Å². The molecule has 0 bridgehead atoms. The molecule has 0 unspecified atom stereocenters. The third kappa shape index (κ3) is 2.84. The molecule has 2 aromatic heterocycles. The van der Waals surface area contributed by atoms with Gasteiger partial charge in [0.15, 0.2) is 11.6 Å². The summed E-state index contributed by atoms with van der Waals surface area (Å²) in [6, 6.07) is 3.53. The molecular formula is C15H19N3O3. The van der Waals surface area contributed by atoms with Gasteiger partial charge in [-0.05, 0) is 31.9 Å². The van der Waals surface area contributed by atoms with E-state index >= 15 is 0 Å². The van der Waals surface area contributed by atoms with E-state index in [1.54, 1.807) is 12.1 Å².